The highest BCUT2D eigenvalue weighted by atomic mass is 16.8. The minimum atomic E-state index is -1.98. The average Bonchev–Trinajstić information content (AvgIpc) is 3.57. The molecule has 3 heterocycles. The number of unbranched alkanes of at least 4 members (excludes halogenated alkanes) is 16. The van der Waals surface area contributed by atoms with Gasteiger partial charge in [-0.15, -0.1) is 0 Å². The second-order valence-corrected chi connectivity index (χ2v) is 21.1. The molecular weight excluding hydrogens is 1020 g/mol. The zero-order chi connectivity index (χ0) is 57.6. The lowest BCUT2D eigenvalue weighted by Crippen LogP contribution is -2.66. The van der Waals surface area contributed by atoms with E-state index >= 15 is 0 Å². The molecule has 0 saturated carbocycles. The van der Waals surface area contributed by atoms with Crippen molar-refractivity contribution in [3.05, 3.63) is 72.9 Å². The molecule has 17 atom stereocenters. The van der Waals surface area contributed by atoms with E-state index < -0.39 is 124 Å². The van der Waals surface area contributed by atoms with Crippen LogP contribution in [0.1, 0.15) is 168 Å². The summed E-state index contributed by atoms with van der Waals surface area (Å²) in [5, 5.41) is 120. The van der Waals surface area contributed by atoms with Gasteiger partial charge in [0, 0.05) is 6.42 Å². The van der Waals surface area contributed by atoms with Crippen molar-refractivity contribution >= 4 is 5.91 Å². The van der Waals surface area contributed by atoms with Crippen LogP contribution in [0.5, 0.6) is 0 Å². The third-order valence-electron chi connectivity index (χ3n) is 14.4. The molecule has 3 rings (SSSR count). The van der Waals surface area contributed by atoms with Gasteiger partial charge >= 0.3 is 0 Å². The van der Waals surface area contributed by atoms with Gasteiger partial charge in [0.2, 0.25) is 5.91 Å². The normalized spacial score (nSPS) is 30.8. The molecule has 17 unspecified atom stereocenters. The van der Waals surface area contributed by atoms with Gasteiger partial charge in [-0.3, -0.25) is 4.79 Å². The van der Waals surface area contributed by atoms with Crippen molar-refractivity contribution < 1.29 is 89.4 Å². The van der Waals surface area contributed by atoms with Crippen LogP contribution in [-0.2, 0) is 33.2 Å². The maximum Gasteiger partial charge on any atom is 0.220 e. The van der Waals surface area contributed by atoms with Crippen molar-refractivity contribution in [3.8, 4) is 0 Å². The lowest BCUT2D eigenvalue weighted by molar-refractivity contribution is -0.379. The number of amides is 1. The number of aliphatic hydroxyl groups excluding tert-OH is 11. The van der Waals surface area contributed by atoms with Crippen LogP contribution in [-0.4, -0.2) is 193 Å². The molecule has 0 bridgehead atoms. The number of nitrogens with one attached hydrogen (secondary N) is 1. The highest BCUT2D eigenvalue weighted by molar-refractivity contribution is 5.76. The summed E-state index contributed by atoms with van der Waals surface area (Å²) in [5.74, 6) is -0.303. The van der Waals surface area contributed by atoms with Crippen molar-refractivity contribution in [1.82, 2.24) is 5.32 Å². The molecule has 456 valence electrons. The van der Waals surface area contributed by atoms with E-state index in [9.17, 15) is 61.0 Å². The summed E-state index contributed by atoms with van der Waals surface area (Å²) in [6, 6.07) is -1.00. The zero-order valence-corrected chi connectivity index (χ0v) is 47.3. The summed E-state index contributed by atoms with van der Waals surface area (Å²) in [5.41, 5.74) is 0. The first-order valence-corrected chi connectivity index (χ1v) is 29.7. The van der Waals surface area contributed by atoms with E-state index in [1.54, 1.807) is 6.08 Å². The number of hydrogen-bond donors (Lipinski definition) is 12. The quantitative estimate of drug-likeness (QED) is 0.0282. The second-order valence-electron chi connectivity index (χ2n) is 21.1. The van der Waals surface area contributed by atoms with Gasteiger partial charge in [0.05, 0.1) is 38.6 Å². The Bertz CT molecular complexity index is 1730. The molecule has 0 aromatic rings. The molecule has 19 heteroatoms. The Morgan fingerprint density at radius 3 is 1.39 bits per heavy atom. The second kappa shape index (κ2) is 43.0. The lowest BCUT2D eigenvalue weighted by Gasteiger charge is -2.48. The highest BCUT2D eigenvalue weighted by Crippen LogP contribution is 2.33. The highest BCUT2D eigenvalue weighted by Gasteiger charge is 2.53. The maximum absolute atomic E-state index is 13.3. The van der Waals surface area contributed by atoms with Gasteiger partial charge < -0.3 is 89.9 Å². The molecule has 3 aliphatic heterocycles. The standard InChI is InChI=1S/C60H103NO18/c1-3-5-7-9-11-13-15-16-17-18-19-20-21-22-23-24-25-26-28-30-32-34-36-38-48(66)61-43(44(65)37-35-33-31-29-27-14-12-10-8-6-4-2)42-74-58-54(72)51(69)56(46(40-63)76-58)79-60-55(73)52(70)57(47(41-64)77-60)78-59-53(71)50(68)49(67)45(39-62)75-59/h8,10,15-16,18-19,21-22,27,29,35,37,43-47,49-60,62-65,67-73H,3-7,9,11-14,17,20,23-26,28,30-34,36,38-42H2,1-2H3,(H,61,66)/b10-8+,16-15-,19-18-,22-21-,29-27+,37-35+. The number of carbonyl (C=O) groups excluding carboxylic acids is 1. The SMILES string of the molecule is CCC/C=C/CC/C=C/CC/C=C/C(O)C(COC1OC(CO)C(OC2OC(CO)C(OC3OC(CO)C(O)C(O)C3O)C(O)C2O)C(O)C1O)NC(=O)CCCCCCCCCC/C=C\C/C=C\C/C=C\CCCCCCC. The predicted octanol–water partition coefficient (Wildman–Crippen LogP) is 5.04. The Kier molecular flexibility index (Phi) is 38.3. The van der Waals surface area contributed by atoms with Crippen molar-refractivity contribution in [3.63, 3.8) is 0 Å². The van der Waals surface area contributed by atoms with Gasteiger partial charge in [-0.05, 0) is 77.0 Å². The molecular formula is C60H103NO18. The van der Waals surface area contributed by atoms with Crippen LogP contribution in [0.25, 0.3) is 0 Å². The largest absolute Gasteiger partial charge is 0.394 e. The molecule has 0 radical (unpaired) electrons. The van der Waals surface area contributed by atoms with Crippen molar-refractivity contribution in [2.24, 2.45) is 0 Å². The summed E-state index contributed by atoms with van der Waals surface area (Å²) < 4.78 is 34.1. The fourth-order valence-electron chi connectivity index (χ4n) is 9.53. The molecule has 3 fully saturated rings. The third-order valence-corrected chi connectivity index (χ3v) is 14.4. The van der Waals surface area contributed by atoms with E-state index in [0.29, 0.717) is 12.8 Å². The Morgan fingerprint density at radius 2 is 0.873 bits per heavy atom. The molecule has 12 N–H and O–H groups in total. The van der Waals surface area contributed by atoms with Crippen LogP contribution < -0.4 is 5.32 Å². The Labute approximate surface area is 470 Å². The first-order chi connectivity index (χ1) is 38.3. The molecule has 0 aliphatic carbocycles. The van der Waals surface area contributed by atoms with Gasteiger partial charge in [-0.1, -0.05) is 157 Å². The number of hydrogen-bond acceptors (Lipinski definition) is 18. The van der Waals surface area contributed by atoms with E-state index in [4.69, 9.17) is 28.4 Å². The summed E-state index contributed by atoms with van der Waals surface area (Å²) in [6.07, 6.45) is 23.3. The Morgan fingerprint density at radius 1 is 0.456 bits per heavy atom. The zero-order valence-electron chi connectivity index (χ0n) is 47.3. The molecule has 3 saturated heterocycles. The first kappa shape index (κ1) is 70.5. The van der Waals surface area contributed by atoms with Gasteiger partial charge in [0.15, 0.2) is 18.9 Å². The van der Waals surface area contributed by atoms with Crippen LogP contribution in [0.4, 0.5) is 0 Å². The minimum absolute atomic E-state index is 0.219. The molecule has 19 nitrogen and oxygen atoms in total. The summed E-state index contributed by atoms with van der Waals surface area (Å²) in [4.78, 5) is 13.3. The maximum atomic E-state index is 13.3. The van der Waals surface area contributed by atoms with Crippen molar-refractivity contribution in [1.29, 1.82) is 0 Å². The number of aliphatic hydroxyl groups is 11. The summed E-state index contributed by atoms with van der Waals surface area (Å²) in [6.45, 7) is 1.57. The van der Waals surface area contributed by atoms with Gasteiger partial charge in [-0.25, -0.2) is 0 Å². The summed E-state index contributed by atoms with van der Waals surface area (Å²) >= 11 is 0. The molecule has 1 amide bonds. The van der Waals surface area contributed by atoms with E-state index in [0.717, 1.165) is 77.0 Å². The lowest BCUT2D eigenvalue weighted by atomic mass is 9.96. The third kappa shape index (κ3) is 27.0. The number of allylic oxidation sites excluding steroid dienone is 11. The van der Waals surface area contributed by atoms with Gasteiger partial charge in [0.25, 0.3) is 0 Å². The summed E-state index contributed by atoms with van der Waals surface area (Å²) in [7, 11) is 0. The van der Waals surface area contributed by atoms with Crippen LogP contribution in [0.3, 0.4) is 0 Å². The molecule has 0 aromatic carbocycles. The van der Waals surface area contributed by atoms with Crippen LogP contribution in [0, 0.1) is 0 Å². The Balaban J connectivity index is 1.48. The van der Waals surface area contributed by atoms with Crippen LogP contribution in [0.15, 0.2) is 72.9 Å². The van der Waals surface area contributed by atoms with E-state index in [2.05, 4.69) is 79.9 Å². The number of ether oxygens (including phenoxy) is 6. The predicted molar refractivity (Wildman–Crippen MR) is 300 cm³/mol. The van der Waals surface area contributed by atoms with Gasteiger partial charge in [0.1, 0.15) is 73.2 Å². The monoisotopic (exact) mass is 1130 g/mol. The first-order valence-electron chi connectivity index (χ1n) is 29.7. The number of rotatable bonds is 42. The Hall–Kier alpha value is -2.77. The topological polar surface area (TPSA) is 307 Å². The minimum Gasteiger partial charge on any atom is -0.394 e. The van der Waals surface area contributed by atoms with E-state index in [1.165, 1.54) is 57.8 Å². The van der Waals surface area contributed by atoms with Crippen molar-refractivity contribution in [2.45, 2.75) is 272 Å². The molecule has 0 aromatic heterocycles. The van der Waals surface area contributed by atoms with E-state index in [1.807, 2.05) is 6.08 Å². The van der Waals surface area contributed by atoms with E-state index in [-0.39, 0.29) is 18.9 Å². The fraction of sp³-hybridized carbons (Fsp3) is 0.783. The molecule has 3 aliphatic rings. The van der Waals surface area contributed by atoms with Crippen LogP contribution >= 0.6 is 0 Å². The fourth-order valence-corrected chi connectivity index (χ4v) is 9.53. The smallest absolute Gasteiger partial charge is 0.220 e. The average molecular weight is 1130 g/mol. The molecule has 79 heavy (non-hydrogen) atoms. The van der Waals surface area contributed by atoms with Crippen molar-refractivity contribution in [2.75, 3.05) is 26.4 Å². The van der Waals surface area contributed by atoms with Gasteiger partial charge in [-0.2, -0.15) is 0 Å². The molecule has 0 spiro atoms. The van der Waals surface area contributed by atoms with Crippen LogP contribution in [0.2, 0.25) is 0 Å². The number of carbonyl (C=O) groups is 1.